The summed E-state index contributed by atoms with van der Waals surface area (Å²) in [7, 11) is 0. The average molecular weight is 219 g/mol. The second-order valence-corrected chi connectivity index (χ2v) is 3.84. The predicted molar refractivity (Wildman–Crippen MR) is 59.9 cm³/mol. The lowest BCUT2D eigenvalue weighted by molar-refractivity contribution is 0.122. The molecule has 0 radical (unpaired) electrons. The highest BCUT2D eigenvalue weighted by Crippen LogP contribution is 2.23. The molecule has 5 nitrogen and oxygen atoms in total. The van der Waals surface area contributed by atoms with Gasteiger partial charge in [-0.3, -0.25) is 0 Å². The first-order chi connectivity index (χ1) is 7.84. The van der Waals surface area contributed by atoms with E-state index in [0.29, 0.717) is 0 Å². The average Bonchev–Trinajstić information content (AvgIpc) is 2.72. The van der Waals surface area contributed by atoms with E-state index in [1.807, 2.05) is 18.3 Å². The van der Waals surface area contributed by atoms with E-state index in [2.05, 4.69) is 10.00 Å². The first-order valence-electron chi connectivity index (χ1n) is 5.34. The van der Waals surface area contributed by atoms with Crippen LogP contribution in [0.5, 0.6) is 5.75 Å². The fourth-order valence-electron chi connectivity index (χ4n) is 1.97. The normalized spacial score (nSPS) is 16.9. The minimum atomic E-state index is 0.218. The smallest absolute Gasteiger partial charge is 0.161 e. The van der Waals surface area contributed by atoms with Crippen LogP contribution >= 0.6 is 0 Å². The zero-order valence-electron chi connectivity index (χ0n) is 8.83. The highest BCUT2D eigenvalue weighted by Gasteiger charge is 2.12. The van der Waals surface area contributed by atoms with Gasteiger partial charge in [0.2, 0.25) is 0 Å². The van der Waals surface area contributed by atoms with E-state index in [4.69, 9.17) is 4.74 Å². The highest BCUT2D eigenvalue weighted by atomic mass is 16.5. The number of fused-ring (bicyclic) bond motifs is 1. The van der Waals surface area contributed by atoms with Crippen molar-refractivity contribution < 1.29 is 9.84 Å². The van der Waals surface area contributed by atoms with Crippen molar-refractivity contribution in [1.29, 1.82) is 0 Å². The molecule has 2 aromatic rings. The summed E-state index contributed by atoms with van der Waals surface area (Å²) in [6, 6.07) is 3.96. The Kier molecular flexibility index (Phi) is 2.18. The van der Waals surface area contributed by atoms with E-state index in [9.17, 15) is 5.11 Å². The number of aromatic nitrogens is 2. The maximum absolute atomic E-state index is 9.61. The third-order valence-electron chi connectivity index (χ3n) is 2.86. The summed E-state index contributed by atoms with van der Waals surface area (Å²) in [6.07, 6.45) is 3.32. The fourth-order valence-corrected chi connectivity index (χ4v) is 1.97. The molecule has 3 heterocycles. The summed E-state index contributed by atoms with van der Waals surface area (Å²) in [4.78, 5) is 2.25. The molecule has 1 fully saturated rings. The Morgan fingerprint density at radius 3 is 2.94 bits per heavy atom. The van der Waals surface area contributed by atoms with Crippen LogP contribution in [0.2, 0.25) is 0 Å². The van der Waals surface area contributed by atoms with E-state index in [1.54, 1.807) is 4.52 Å². The van der Waals surface area contributed by atoms with Crippen molar-refractivity contribution in [3.05, 3.63) is 24.5 Å². The molecule has 1 aliphatic rings. The third-order valence-corrected chi connectivity index (χ3v) is 2.86. The molecule has 5 heteroatoms. The summed E-state index contributed by atoms with van der Waals surface area (Å²) < 4.78 is 6.97. The number of ether oxygens (including phenoxy) is 1. The first-order valence-corrected chi connectivity index (χ1v) is 5.34. The molecule has 1 N–H and O–H groups in total. The molecule has 0 spiro atoms. The van der Waals surface area contributed by atoms with Crippen LogP contribution in [0.15, 0.2) is 24.5 Å². The van der Waals surface area contributed by atoms with E-state index in [-0.39, 0.29) is 5.75 Å². The van der Waals surface area contributed by atoms with Crippen LogP contribution in [0.3, 0.4) is 0 Å². The summed E-state index contributed by atoms with van der Waals surface area (Å²) in [5.74, 6) is 0.218. The van der Waals surface area contributed by atoms with Gasteiger partial charge in [-0.05, 0) is 12.1 Å². The molecule has 0 unspecified atom stereocenters. The Bertz CT molecular complexity index is 503. The van der Waals surface area contributed by atoms with Crippen LogP contribution in [-0.2, 0) is 4.74 Å². The van der Waals surface area contributed by atoms with Gasteiger partial charge in [0.25, 0.3) is 0 Å². The molecule has 0 aromatic carbocycles. The standard InChI is InChI=1S/C11H13N3O2/c15-11-8-12-14-2-1-9(7-10(11)14)13-3-5-16-6-4-13/h1-2,7-8,15H,3-6H2. The number of pyridine rings is 1. The Morgan fingerprint density at radius 2 is 2.12 bits per heavy atom. The van der Waals surface area contributed by atoms with Gasteiger partial charge >= 0.3 is 0 Å². The molecule has 0 bridgehead atoms. The van der Waals surface area contributed by atoms with Crippen molar-refractivity contribution in [3.63, 3.8) is 0 Å². The van der Waals surface area contributed by atoms with Gasteiger partial charge in [0.15, 0.2) is 5.75 Å². The van der Waals surface area contributed by atoms with Gasteiger partial charge in [0.05, 0.1) is 19.4 Å². The number of morpholine rings is 1. The van der Waals surface area contributed by atoms with E-state index < -0.39 is 0 Å². The van der Waals surface area contributed by atoms with Gasteiger partial charge in [0.1, 0.15) is 5.52 Å². The lowest BCUT2D eigenvalue weighted by atomic mass is 10.3. The summed E-state index contributed by atoms with van der Waals surface area (Å²) in [6.45, 7) is 3.31. The fraction of sp³-hybridized carbons (Fsp3) is 0.364. The van der Waals surface area contributed by atoms with Crippen molar-refractivity contribution >= 4 is 11.2 Å². The van der Waals surface area contributed by atoms with Gasteiger partial charge in [-0.2, -0.15) is 5.10 Å². The Balaban J connectivity index is 1.99. The van der Waals surface area contributed by atoms with Gasteiger partial charge in [-0.1, -0.05) is 0 Å². The molecule has 84 valence electrons. The summed E-state index contributed by atoms with van der Waals surface area (Å²) >= 11 is 0. The van der Waals surface area contributed by atoms with Crippen LogP contribution in [0.25, 0.3) is 5.52 Å². The van der Waals surface area contributed by atoms with E-state index in [1.165, 1.54) is 6.20 Å². The van der Waals surface area contributed by atoms with Crippen molar-refractivity contribution in [2.24, 2.45) is 0 Å². The molecule has 0 atom stereocenters. The van der Waals surface area contributed by atoms with Crippen LogP contribution in [-0.4, -0.2) is 41.0 Å². The summed E-state index contributed by atoms with van der Waals surface area (Å²) in [5.41, 5.74) is 1.84. The molecule has 3 rings (SSSR count). The van der Waals surface area contributed by atoms with Gasteiger partial charge in [-0.25, -0.2) is 4.52 Å². The molecule has 1 aliphatic heterocycles. The number of rotatable bonds is 1. The number of anilines is 1. The lowest BCUT2D eigenvalue weighted by Gasteiger charge is -2.28. The maximum Gasteiger partial charge on any atom is 0.161 e. The van der Waals surface area contributed by atoms with Crippen LogP contribution in [0.1, 0.15) is 0 Å². The zero-order valence-corrected chi connectivity index (χ0v) is 8.83. The minimum Gasteiger partial charge on any atom is -0.504 e. The molecule has 2 aromatic heterocycles. The molecule has 0 aliphatic carbocycles. The number of hydrogen-bond acceptors (Lipinski definition) is 4. The van der Waals surface area contributed by atoms with Gasteiger partial charge in [0, 0.05) is 25.0 Å². The van der Waals surface area contributed by atoms with Crippen molar-refractivity contribution in [2.75, 3.05) is 31.2 Å². The summed E-state index contributed by atoms with van der Waals surface area (Å²) in [5, 5.41) is 13.6. The Hall–Kier alpha value is -1.75. The number of aromatic hydroxyl groups is 1. The largest absolute Gasteiger partial charge is 0.504 e. The van der Waals surface area contributed by atoms with Gasteiger partial charge < -0.3 is 14.7 Å². The topological polar surface area (TPSA) is 50.0 Å². The number of hydrogen-bond donors (Lipinski definition) is 1. The second kappa shape index (κ2) is 3.68. The third kappa shape index (κ3) is 1.49. The molecule has 0 amide bonds. The lowest BCUT2D eigenvalue weighted by Crippen LogP contribution is -2.36. The Morgan fingerprint density at radius 1 is 1.31 bits per heavy atom. The SMILES string of the molecule is Oc1cnn2ccc(N3CCOCC3)cc12. The number of nitrogens with zero attached hydrogens (tertiary/aromatic N) is 3. The van der Waals surface area contributed by atoms with Crippen LogP contribution in [0.4, 0.5) is 5.69 Å². The zero-order chi connectivity index (χ0) is 11.0. The monoisotopic (exact) mass is 219 g/mol. The highest BCUT2D eigenvalue weighted by molar-refractivity contribution is 5.65. The quantitative estimate of drug-likeness (QED) is 0.773. The van der Waals surface area contributed by atoms with E-state index in [0.717, 1.165) is 37.5 Å². The second-order valence-electron chi connectivity index (χ2n) is 3.84. The predicted octanol–water partition coefficient (Wildman–Crippen LogP) is 0.877. The Labute approximate surface area is 92.9 Å². The van der Waals surface area contributed by atoms with Crippen LogP contribution < -0.4 is 4.90 Å². The molecule has 16 heavy (non-hydrogen) atoms. The molecular formula is C11H13N3O2. The van der Waals surface area contributed by atoms with Crippen molar-refractivity contribution in [2.45, 2.75) is 0 Å². The van der Waals surface area contributed by atoms with Crippen molar-refractivity contribution in [1.82, 2.24) is 9.61 Å². The maximum atomic E-state index is 9.61. The van der Waals surface area contributed by atoms with E-state index >= 15 is 0 Å². The first kappa shape index (κ1) is 9.47. The van der Waals surface area contributed by atoms with Crippen LogP contribution in [0, 0.1) is 0 Å². The molecule has 0 saturated carbocycles. The van der Waals surface area contributed by atoms with Gasteiger partial charge in [-0.15, -0.1) is 0 Å². The minimum absolute atomic E-state index is 0.218. The molecular weight excluding hydrogens is 206 g/mol. The van der Waals surface area contributed by atoms with Crippen molar-refractivity contribution in [3.8, 4) is 5.75 Å². The molecule has 1 saturated heterocycles.